The molecule has 0 aromatic rings. The van der Waals surface area contributed by atoms with E-state index in [0.29, 0.717) is 24.5 Å². The molecule has 2 atom stereocenters. The van der Waals surface area contributed by atoms with Crippen LogP contribution >= 0.6 is 0 Å². The lowest BCUT2D eigenvalue weighted by Crippen LogP contribution is -2.51. The zero-order chi connectivity index (χ0) is 10.6. The molecule has 2 saturated carbocycles. The van der Waals surface area contributed by atoms with Gasteiger partial charge in [0.2, 0.25) is 0 Å². The van der Waals surface area contributed by atoms with Crippen molar-refractivity contribution in [2.45, 2.75) is 33.1 Å². The second-order valence-corrected chi connectivity index (χ2v) is 4.90. The van der Waals surface area contributed by atoms with Gasteiger partial charge in [-0.25, -0.2) is 0 Å². The normalized spacial score (nSPS) is 41.9. The van der Waals surface area contributed by atoms with Gasteiger partial charge in [0.15, 0.2) is 0 Å². The number of nitrogens with zero attached hydrogens (tertiary/aromatic N) is 1. The van der Waals surface area contributed by atoms with E-state index in [1.807, 2.05) is 13.8 Å². The molecule has 0 unspecified atom stereocenters. The molecule has 0 heterocycles. The monoisotopic (exact) mass is 196 g/mol. The Morgan fingerprint density at radius 2 is 2.29 bits per heavy atom. The van der Waals surface area contributed by atoms with Gasteiger partial charge in [-0.3, -0.25) is 0 Å². The van der Waals surface area contributed by atoms with Gasteiger partial charge in [0.25, 0.3) is 0 Å². The summed E-state index contributed by atoms with van der Waals surface area (Å²) in [6, 6.07) is 0. The fourth-order valence-electron chi connectivity index (χ4n) is 3.31. The predicted molar refractivity (Wildman–Crippen MR) is 47.8 cm³/mol. The second-order valence-electron chi connectivity index (χ2n) is 4.90. The summed E-state index contributed by atoms with van der Waals surface area (Å²) in [7, 11) is 0. The third kappa shape index (κ3) is 0.751. The van der Waals surface area contributed by atoms with Gasteiger partial charge in [0.1, 0.15) is 0 Å². The van der Waals surface area contributed by atoms with Gasteiger partial charge in [-0.1, -0.05) is 19.0 Å². The van der Waals surface area contributed by atoms with Gasteiger partial charge in [0, 0.05) is 0 Å². The lowest BCUT2D eigenvalue weighted by atomic mass is 9.69. The number of hydrogen-bond donors (Lipinski definition) is 1. The van der Waals surface area contributed by atoms with Crippen LogP contribution in [0.2, 0.25) is 0 Å². The molecule has 1 N–H and O–H groups in total. The molecule has 0 amide bonds. The molecule has 2 aliphatic rings. The molecule has 4 heteroatoms. The lowest BCUT2D eigenvalue weighted by molar-refractivity contribution is -0.318. The maximum Gasteiger partial charge on any atom is 0.0696 e. The van der Waals surface area contributed by atoms with Gasteiger partial charge in [0.05, 0.1) is 17.1 Å². The van der Waals surface area contributed by atoms with Gasteiger partial charge in [-0.2, -0.15) is 0 Å². The quantitative estimate of drug-likeness (QED) is 0.487. The topological polar surface area (TPSA) is 72.7 Å². The molecule has 2 fully saturated rings. The van der Waals surface area contributed by atoms with Gasteiger partial charge in [-0.05, 0) is 30.6 Å². The van der Waals surface area contributed by atoms with E-state index in [4.69, 9.17) is 5.21 Å². The number of hydrogen-bond acceptors (Lipinski definition) is 4. The van der Waals surface area contributed by atoms with E-state index in [9.17, 15) is 9.90 Å². The third-order valence-corrected chi connectivity index (χ3v) is 4.39. The standard InChI is InChI=1S/C10H15NO3/c1-9(2)6-3-4-10(9,8(12)13)7(5-6)11-14/h6,14H,3-5H2,1-2H3,(H,12,13)/p-1/b11-7-/t6-,10-/m0/s1. The highest BCUT2D eigenvalue weighted by atomic mass is 16.4. The Hall–Kier alpha value is -1.06. The lowest BCUT2D eigenvalue weighted by Gasteiger charge is -2.38. The minimum atomic E-state index is -1.09. The second kappa shape index (κ2) is 2.49. The first-order chi connectivity index (χ1) is 6.46. The molecular formula is C10H14NO3-. The smallest absolute Gasteiger partial charge is 0.0696 e. The number of carbonyl (C=O) groups is 1. The van der Waals surface area contributed by atoms with Crippen molar-refractivity contribution in [3.8, 4) is 0 Å². The van der Waals surface area contributed by atoms with E-state index in [1.54, 1.807) is 0 Å². The number of rotatable bonds is 1. The number of carboxylic acids is 1. The van der Waals surface area contributed by atoms with Crippen LogP contribution in [0.15, 0.2) is 5.16 Å². The molecule has 0 spiro atoms. The molecule has 2 aliphatic carbocycles. The molecular weight excluding hydrogens is 182 g/mol. The molecule has 0 radical (unpaired) electrons. The van der Waals surface area contributed by atoms with E-state index in [0.717, 1.165) is 6.42 Å². The third-order valence-electron chi connectivity index (χ3n) is 4.39. The Kier molecular flexibility index (Phi) is 1.69. The Morgan fingerprint density at radius 1 is 1.64 bits per heavy atom. The minimum Gasteiger partial charge on any atom is -0.549 e. The molecule has 78 valence electrons. The first-order valence-corrected chi connectivity index (χ1v) is 4.89. The SMILES string of the molecule is CC1(C)[C@H]2CC[C@@]1(C(=O)[O-])/C(=N\O)C2. The average molecular weight is 196 g/mol. The van der Waals surface area contributed by atoms with Crippen molar-refractivity contribution < 1.29 is 15.1 Å². The van der Waals surface area contributed by atoms with Crippen molar-refractivity contribution in [1.29, 1.82) is 0 Å². The van der Waals surface area contributed by atoms with Crippen LogP contribution in [0, 0.1) is 16.7 Å². The first kappa shape index (κ1) is 9.49. The molecule has 0 aromatic heterocycles. The summed E-state index contributed by atoms with van der Waals surface area (Å²) in [5.41, 5.74) is -0.960. The zero-order valence-electron chi connectivity index (χ0n) is 8.41. The van der Waals surface area contributed by atoms with Crippen LogP contribution in [-0.4, -0.2) is 16.9 Å². The number of carboxylic acid groups (broad SMARTS) is 1. The Bertz CT molecular complexity index is 321. The summed E-state index contributed by atoms with van der Waals surface area (Å²) in [5, 5.41) is 23.2. The number of carbonyl (C=O) groups excluding carboxylic acids is 1. The van der Waals surface area contributed by atoms with Crippen molar-refractivity contribution in [1.82, 2.24) is 0 Å². The average Bonchev–Trinajstić information content (AvgIpc) is 2.51. The van der Waals surface area contributed by atoms with Crippen LogP contribution in [0.5, 0.6) is 0 Å². The number of aliphatic carboxylic acids is 1. The van der Waals surface area contributed by atoms with Crippen molar-refractivity contribution in [2.75, 3.05) is 0 Å². The highest BCUT2D eigenvalue weighted by Gasteiger charge is 2.63. The van der Waals surface area contributed by atoms with Crippen LogP contribution in [0.3, 0.4) is 0 Å². The molecule has 2 rings (SSSR count). The van der Waals surface area contributed by atoms with E-state index < -0.39 is 11.4 Å². The van der Waals surface area contributed by atoms with E-state index in [-0.39, 0.29) is 5.41 Å². The largest absolute Gasteiger partial charge is 0.549 e. The molecule has 0 aromatic carbocycles. The predicted octanol–water partition coefficient (Wildman–Crippen LogP) is 0.393. The van der Waals surface area contributed by atoms with Crippen molar-refractivity contribution >= 4 is 11.7 Å². The molecule has 4 nitrogen and oxygen atoms in total. The van der Waals surface area contributed by atoms with Crippen LogP contribution in [-0.2, 0) is 4.79 Å². The minimum absolute atomic E-state index is 0.311. The van der Waals surface area contributed by atoms with Crippen LogP contribution in [0.4, 0.5) is 0 Å². The summed E-state index contributed by atoms with van der Waals surface area (Å²) in [4.78, 5) is 11.3. The van der Waals surface area contributed by atoms with E-state index in [2.05, 4.69) is 5.16 Å². The molecule has 0 saturated heterocycles. The maximum absolute atomic E-state index is 11.3. The summed E-state index contributed by atoms with van der Waals surface area (Å²) in [6.07, 6.45) is 2.03. The number of oxime groups is 1. The fourth-order valence-corrected chi connectivity index (χ4v) is 3.31. The highest BCUT2D eigenvalue weighted by molar-refractivity contribution is 6.08. The van der Waals surface area contributed by atoms with Gasteiger partial charge >= 0.3 is 0 Å². The summed E-state index contributed by atoms with van der Waals surface area (Å²) in [6.45, 7) is 3.86. The van der Waals surface area contributed by atoms with Crippen LogP contribution < -0.4 is 5.11 Å². The molecule has 0 aliphatic heterocycles. The van der Waals surface area contributed by atoms with Gasteiger partial charge < -0.3 is 15.1 Å². The van der Waals surface area contributed by atoms with Crippen molar-refractivity contribution in [3.05, 3.63) is 0 Å². The first-order valence-electron chi connectivity index (χ1n) is 4.89. The molecule has 14 heavy (non-hydrogen) atoms. The Labute approximate surface area is 82.6 Å². The van der Waals surface area contributed by atoms with Gasteiger partial charge in [-0.15, -0.1) is 0 Å². The number of fused-ring (bicyclic) bond motifs is 2. The summed E-state index contributed by atoms with van der Waals surface area (Å²) >= 11 is 0. The summed E-state index contributed by atoms with van der Waals surface area (Å²) < 4.78 is 0. The van der Waals surface area contributed by atoms with Crippen LogP contribution in [0.25, 0.3) is 0 Å². The maximum atomic E-state index is 11.3. The Balaban J connectivity index is 2.57. The van der Waals surface area contributed by atoms with E-state index in [1.165, 1.54) is 0 Å². The zero-order valence-corrected chi connectivity index (χ0v) is 8.41. The van der Waals surface area contributed by atoms with Crippen molar-refractivity contribution in [3.63, 3.8) is 0 Å². The fraction of sp³-hybridized carbons (Fsp3) is 0.800. The van der Waals surface area contributed by atoms with E-state index >= 15 is 0 Å². The highest BCUT2D eigenvalue weighted by Crippen LogP contribution is 2.63. The van der Waals surface area contributed by atoms with Crippen molar-refractivity contribution in [2.24, 2.45) is 21.9 Å². The Morgan fingerprint density at radius 3 is 2.64 bits per heavy atom. The summed E-state index contributed by atoms with van der Waals surface area (Å²) in [5.74, 6) is -0.776. The molecule has 2 bridgehead atoms. The van der Waals surface area contributed by atoms with Crippen LogP contribution in [0.1, 0.15) is 33.1 Å².